The van der Waals surface area contributed by atoms with Crippen LogP contribution in [0.15, 0.2) is 30.3 Å². The summed E-state index contributed by atoms with van der Waals surface area (Å²) in [6.07, 6.45) is 3.85. The third-order valence-corrected chi connectivity index (χ3v) is 6.13. The van der Waals surface area contributed by atoms with Crippen molar-refractivity contribution in [3.8, 4) is 0 Å². The number of nitrogens with one attached hydrogen (secondary N) is 1. The van der Waals surface area contributed by atoms with Crippen LogP contribution in [0.2, 0.25) is 0 Å². The fraction of sp³-hybridized carbons (Fsp3) is 0.591. The Kier molecular flexibility index (Phi) is 5.58. The number of hydrogen-bond acceptors (Lipinski definition) is 4. The summed E-state index contributed by atoms with van der Waals surface area (Å²) in [5.74, 6) is 0.0328. The van der Waals surface area contributed by atoms with E-state index in [0.717, 1.165) is 19.3 Å². The van der Waals surface area contributed by atoms with E-state index in [4.69, 9.17) is 4.74 Å². The first-order valence-corrected chi connectivity index (χ1v) is 10.6. The molecule has 3 fully saturated rings. The molecule has 0 radical (unpaired) electrons. The number of carbonyl (C=O) groups excluding carboxylic acids is 3. The molecule has 0 bridgehead atoms. The second kappa shape index (κ2) is 8.14. The highest BCUT2D eigenvalue weighted by molar-refractivity contribution is 5.98. The van der Waals surface area contributed by atoms with Gasteiger partial charge in [-0.2, -0.15) is 0 Å². The highest BCUT2D eigenvalue weighted by Crippen LogP contribution is 2.40. The van der Waals surface area contributed by atoms with Gasteiger partial charge in [-0.15, -0.1) is 0 Å². The number of amides is 3. The van der Waals surface area contributed by atoms with Crippen molar-refractivity contribution in [3.63, 3.8) is 0 Å². The Morgan fingerprint density at radius 1 is 1.14 bits per heavy atom. The van der Waals surface area contributed by atoms with Gasteiger partial charge in [-0.3, -0.25) is 19.3 Å². The first-order chi connectivity index (χ1) is 14.1. The quantitative estimate of drug-likeness (QED) is 0.819. The van der Waals surface area contributed by atoms with Gasteiger partial charge in [-0.25, -0.2) is 0 Å². The number of carbonyl (C=O) groups is 3. The molecule has 1 saturated carbocycles. The molecule has 1 aromatic carbocycles. The minimum atomic E-state index is -0.832. The van der Waals surface area contributed by atoms with Crippen molar-refractivity contribution in [2.75, 3.05) is 26.2 Å². The van der Waals surface area contributed by atoms with E-state index < -0.39 is 11.8 Å². The molecule has 1 atom stereocenters. The van der Waals surface area contributed by atoms with Gasteiger partial charge < -0.3 is 15.0 Å². The molecular weight excluding hydrogens is 370 g/mol. The summed E-state index contributed by atoms with van der Waals surface area (Å²) in [4.78, 5) is 42.2. The Morgan fingerprint density at radius 2 is 1.83 bits per heavy atom. The summed E-state index contributed by atoms with van der Waals surface area (Å²) in [6, 6.07) is 8.38. The predicted octanol–water partition coefficient (Wildman–Crippen LogP) is 1.78. The minimum Gasteiger partial charge on any atom is -0.354 e. The number of hydrogen-bond donors (Lipinski definition) is 1. The maximum Gasteiger partial charge on any atom is 0.256 e. The van der Waals surface area contributed by atoms with Gasteiger partial charge in [0.2, 0.25) is 11.8 Å². The maximum absolute atomic E-state index is 13.4. The van der Waals surface area contributed by atoms with Gasteiger partial charge in [-0.1, -0.05) is 25.1 Å². The number of ether oxygens (including phenoxy) is 1. The Morgan fingerprint density at radius 3 is 2.45 bits per heavy atom. The van der Waals surface area contributed by atoms with Crippen LogP contribution in [0.1, 0.15) is 49.4 Å². The zero-order valence-electron chi connectivity index (χ0n) is 16.9. The average molecular weight is 399 g/mol. The van der Waals surface area contributed by atoms with Crippen molar-refractivity contribution < 1.29 is 19.1 Å². The molecule has 29 heavy (non-hydrogen) atoms. The summed E-state index contributed by atoms with van der Waals surface area (Å²) in [5, 5.41) is 2.91. The lowest BCUT2D eigenvalue weighted by molar-refractivity contribution is -0.144. The number of nitrogens with zero attached hydrogens (tertiary/aromatic N) is 2. The van der Waals surface area contributed by atoms with Crippen LogP contribution in [0, 0.1) is 5.92 Å². The maximum atomic E-state index is 13.4. The lowest BCUT2D eigenvalue weighted by Gasteiger charge is -2.44. The first kappa shape index (κ1) is 19.9. The molecule has 0 aromatic heterocycles. The second-order valence-corrected chi connectivity index (χ2v) is 8.20. The van der Waals surface area contributed by atoms with E-state index in [2.05, 4.69) is 5.32 Å². The number of benzene rings is 1. The molecule has 1 aromatic rings. The second-order valence-electron chi connectivity index (χ2n) is 8.20. The smallest absolute Gasteiger partial charge is 0.256 e. The molecule has 156 valence electrons. The normalized spacial score (nSPS) is 23.3. The highest BCUT2D eigenvalue weighted by atomic mass is 16.5. The van der Waals surface area contributed by atoms with Crippen molar-refractivity contribution in [1.82, 2.24) is 15.1 Å². The van der Waals surface area contributed by atoms with Crippen molar-refractivity contribution in [2.24, 2.45) is 5.92 Å². The lowest BCUT2D eigenvalue weighted by atomic mass is 9.96. The van der Waals surface area contributed by atoms with Gasteiger partial charge in [0.1, 0.15) is 11.8 Å². The van der Waals surface area contributed by atoms with E-state index in [0.29, 0.717) is 38.0 Å². The van der Waals surface area contributed by atoms with E-state index in [1.54, 1.807) is 17.0 Å². The van der Waals surface area contributed by atoms with E-state index in [-0.39, 0.29) is 30.2 Å². The fourth-order valence-electron chi connectivity index (χ4n) is 4.32. The van der Waals surface area contributed by atoms with Crippen LogP contribution in [-0.4, -0.2) is 65.5 Å². The fourth-order valence-corrected chi connectivity index (χ4v) is 4.32. The lowest BCUT2D eigenvalue weighted by Crippen LogP contribution is -2.60. The van der Waals surface area contributed by atoms with Gasteiger partial charge in [0.05, 0.1) is 6.61 Å². The van der Waals surface area contributed by atoms with Gasteiger partial charge in [-0.05, 0) is 31.4 Å². The Balaban J connectivity index is 1.56. The molecule has 2 heterocycles. The van der Waals surface area contributed by atoms with Crippen molar-refractivity contribution in [1.29, 1.82) is 0 Å². The predicted molar refractivity (Wildman–Crippen MR) is 107 cm³/mol. The Hall–Kier alpha value is -2.41. The first-order valence-electron chi connectivity index (χ1n) is 10.6. The van der Waals surface area contributed by atoms with Crippen molar-refractivity contribution in [3.05, 3.63) is 35.9 Å². The largest absolute Gasteiger partial charge is 0.354 e. The van der Waals surface area contributed by atoms with Gasteiger partial charge >= 0.3 is 0 Å². The van der Waals surface area contributed by atoms with Crippen LogP contribution < -0.4 is 5.32 Å². The summed E-state index contributed by atoms with van der Waals surface area (Å²) >= 11 is 0. The molecule has 1 aliphatic carbocycles. The van der Waals surface area contributed by atoms with E-state index >= 15 is 0 Å². The van der Waals surface area contributed by atoms with E-state index in [9.17, 15) is 14.4 Å². The zero-order valence-corrected chi connectivity index (χ0v) is 16.9. The topological polar surface area (TPSA) is 79.0 Å². The highest BCUT2D eigenvalue weighted by Gasteiger charge is 2.54. The standard InChI is InChI=1S/C22H29N3O4/c1-2-12-23-19(26)18-15-29-22(25(18)21(28)16-6-4-3-5-7-16)10-13-24(14-11-22)20(27)17-8-9-17/h3-7,17-18H,2,8-15H2,1H3,(H,23,26)/t18-/m0/s1. The molecule has 3 amide bonds. The van der Waals surface area contributed by atoms with Crippen LogP contribution in [0.5, 0.6) is 0 Å². The van der Waals surface area contributed by atoms with Crippen LogP contribution in [-0.2, 0) is 14.3 Å². The number of piperidine rings is 1. The third-order valence-electron chi connectivity index (χ3n) is 6.13. The van der Waals surface area contributed by atoms with Crippen LogP contribution in [0.4, 0.5) is 0 Å². The summed E-state index contributed by atoms with van der Waals surface area (Å²) in [6.45, 7) is 3.85. The molecule has 0 unspecified atom stereocenters. The SMILES string of the molecule is CCCNC(=O)[C@@H]1COC2(CCN(C(=O)C3CC3)CC2)N1C(=O)c1ccccc1. The van der Waals surface area contributed by atoms with Gasteiger partial charge in [0.25, 0.3) is 5.91 Å². The molecule has 7 nitrogen and oxygen atoms in total. The minimum absolute atomic E-state index is 0.176. The monoisotopic (exact) mass is 399 g/mol. The average Bonchev–Trinajstić information content (AvgIpc) is 3.55. The van der Waals surface area contributed by atoms with Crippen LogP contribution in [0.3, 0.4) is 0 Å². The van der Waals surface area contributed by atoms with E-state index in [1.807, 2.05) is 30.0 Å². The Bertz CT molecular complexity index is 770. The van der Waals surface area contributed by atoms with Gasteiger partial charge in [0, 0.05) is 44.0 Å². The van der Waals surface area contributed by atoms with Gasteiger partial charge in [0.15, 0.2) is 0 Å². The summed E-state index contributed by atoms with van der Waals surface area (Å²) < 4.78 is 6.16. The molecule has 1 N–H and O–H groups in total. The molecule has 7 heteroatoms. The Labute approximate surface area is 171 Å². The molecular formula is C22H29N3O4. The summed E-state index contributed by atoms with van der Waals surface area (Å²) in [5.41, 5.74) is -0.288. The molecule has 1 spiro atoms. The molecule has 3 aliphatic rings. The molecule has 2 saturated heterocycles. The van der Waals surface area contributed by atoms with E-state index in [1.165, 1.54) is 0 Å². The number of rotatable bonds is 5. The van der Waals surface area contributed by atoms with Crippen LogP contribution in [0.25, 0.3) is 0 Å². The number of likely N-dealkylation sites (tertiary alicyclic amines) is 1. The third kappa shape index (κ3) is 3.88. The molecule has 2 aliphatic heterocycles. The molecule has 4 rings (SSSR count). The zero-order chi connectivity index (χ0) is 20.4. The van der Waals surface area contributed by atoms with Crippen molar-refractivity contribution >= 4 is 17.7 Å². The summed E-state index contributed by atoms with van der Waals surface area (Å²) in [7, 11) is 0. The van der Waals surface area contributed by atoms with Crippen molar-refractivity contribution in [2.45, 2.75) is 50.8 Å². The van der Waals surface area contributed by atoms with Crippen LogP contribution >= 0.6 is 0 Å².